The summed E-state index contributed by atoms with van der Waals surface area (Å²) >= 11 is 1.46. The van der Waals surface area contributed by atoms with Gasteiger partial charge in [0.15, 0.2) is 0 Å². The van der Waals surface area contributed by atoms with Gasteiger partial charge in [0.2, 0.25) is 65.0 Å². The largest absolute Gasteiger partial charge is 0.390 e. The maximum Gasteiger partial charge on any atom is 0.246 e. The van der Waals surface area contributed by atoms with E-state index in [0.29, 0.717) is 12.2 Å². The van der Waals surface area contributed by atoms with Gasteiger partial charge in [-0.1, -0.05) is 116 Å². The molecule has 0 spiro atoms. The number of nitrogens with zero attached hydrogens (tertiary/aromatic N) is 8. The minimum absolute atomic E-state index is 0.0618. The smallest absolute Gasteiger partial charge is 0.246 e. The number of unbranched alkanes of at least 4 members (excludes halogenated alkanes) is 1. The second-order valence-electron chi connectivity index (χ2n) is 31.7. The van der Waals surface area contributed by atoms with E-state index in [9.17, 15) is 24.3 Å². The van der Waals surface area contributed by atoms with Crippen LogP contribution in [0.3, 0.4) is 0 Å². The van der Waals surface area contributed by atoms with Gasteiger partial charge in [0.25, 0.3) is 0 Å². The van der Waals surface area contributed by atoms with Gasteiger partial charge in [-0.2, -0.15) is 11.8 Å². The first-order valence-corrected chi connectivity index (χ1v) is 36.9. The van der Waals surface area contributed by atoms with Crippen LogP contribution < -0.4 is 21.3 Å². The molecule has 1 saturated heterocycles. The second kappa shape index (κ2) is 41.2. The van der Waals surface area contributed by atoms with E-state index < -0.39 is 149 Å². The molecule has 0 aromatic heterocycles. The predicted molar refractivity (Wildman–Crippen MR) is 391 cm³/mol. The molecule has 1 heterocycles. The zero-order valence-corrected chi connectivity index (χ0v) is 66.4. The van der Waals surface area contributed by atoms with Crippen molar-refractivity contribution < 1.29 is 57.8 Å². The summed E-state index contributed by atoms with van der Waals surface area (Å²) in [6, 6.07) is -13.4. The van der Waals surface area contributed by atoms with Gasteiger partial charge in [-0.05, 0) is 146 Å². The van der Waals surface area contributed by atoms with Gasteiger partial charge in [0.1, 0.15) is 66.5 Å². The van der Waals surface area contributed by atoms with E-state index in [1.54, 1.807) is 34.6 Å². The zero-order valence-electron chi connectivity index (χ0n) is 65.6. The van der Waals surface area contributed by atoms with Gasteiger partial charge in [-0.25, -0.2) is 0 Å². The van der Waals surface area contributed by atoms with Gasteiger partial charge in [0.05, 0.1) is 5.60 Å². The van der Waals surface area contributed by atoms with Gasteiger partial charge in [-0.15, -0.1) is 0 Å². The molecule has 11 amide bonds. The summed E-state index contributed by atoms with van der Waals surface area (Å²) in [7, 11) is 12.3. The lowest BCUT2D eigenvalue weighted by atomic mass is 9.93. The van der Waals surface area contributed by atoms with Crippen LogP contribution in [0.2, 0.25) is 0 Å². The Labute approximate surface area is 594 Å². The molecule has 0 unspecified atom stereocenters. The molecule has 0 aliphatic carbocycles. The molecule has 0 radical (unpaired) electrons. The molecule has 1 rings (SSSR count). The summed E-state index contributed by atoms with van der Waals surface area (Å²) in [6.45, 7) is 38.0. The van der Waals surface area contributed by atoms with Gasteiger partial charge < -0.3 is 65.6 Å². The van der Waals surface area contributed by atoms with Gasteiger partial charge in [0, 0.05) is 68.1 Å². The highest BCUT2D eigenvalue weighted by atomic mass is 32.2. The fourth-order valence-corrected chi connectivity index (χ4v) is 13.8. The Morgan fingerprint density at radius 1 is 0.500 bits per heavy atom. The molecule has 12 atom stereocenters. The first-order valence-electron chi connectivity index (χ1n) is 35.8. The maximum atomic E-state index is 15.5. The molecule has 25 heteroatoms. The lowest BCUT2D eigenvalue weighted by molar-refractivity contribution is -0.156. The Morgan fingerprint density at radius 3 is 1.41 bits per heavy atom. The predicted octanol–water partition coefficient (Wildman–Crippen LogP) is 6.27. The van der Waals surface area contributed by atoms with Crippen molar-refractivity contribution in [1.29, 1.82) is 0 Å². The Bertz CT molecular complexity index is 2660. The second-order valence-corrected chi connectivity index (χ2v) is 32.9. The fraction of sp³-hybridized carbons (Fsp3) is 0.822. The lowest BCUT2D eigenvalue weighted by Gasteiger charge is -2.41. The average molecular weight is 1400 g/mol. The summed E-state index contributed by atoms with van der Waals surface area (Å²) in [6.07, 6.45) is 6.42. The number of thioether (sulfide) groups is 1. The molecule has 1 aliphatic rings. The number of hydrogen-bond acceptors (Lipinski definition) is 14. The van der Waals surface area contributed by atoms with E-state index in [4.69, 9.17) is 0 Å². The topological polar surface area (TPSA) is 282 Å². The SMILES string of the molecule is C/C=C/C[C@@H](C)C[C@H]1C(=O)N[C@@H](CC)C(=O)N(C)[C@H](CSCCCCN(C)CC(C)(C)C)C(=O)N(C)[C@@H](CC(C)(C)O)C(=O)N[C@@H](C(C)C)C(=O)N(C)[C@@H](CC(C)C)C(=O)N[C@@H](C)C(=O)N[C@H](C)C(=O)N(C)[C@@H](CC(C)C)C(=O)N(C)[C@@H](CC(C)C)C(=O)N(C)[C@@H](C(C)C)C(=O)N1C. The van der Waals surface area contributed by atoms with E-state index in [1.807, 2.05) is 67.5 Å². The Hall–Kier alpha value is -5.82. The standard InChI is InChI=1S/C73H134N12O12S/c1-29-31-34-49(13)40-54-63(88)76-52(30-2)66(91)84(27)58(42-98-36-33-32-35-78(21)43-72(16,17)18)69(94)83(26)57(41-73(19,20)97)64(89)77-59(47(9)10)70(95)79(22)53(37-44(3)4)62(87)74-50(14)61(86)75-51(15)65(90)81(24)55(38-45(5)6)67(92)82(25)56(39-46(7)8)68(93)85(28)60(48(11)12)71(96)80(54)23/h29,31,44-60,97H,30,32-43H2,1-28H3,(H,74,87)(H,75,86)(H,76,88)(H,77,89)/b31-29+/t49-,50+,51-,52+,53+,54+,55+,56+,57+,58-,59+,60+/m1/s1. The molecular weight excluding hydrogens is 1270 g/mol. The van der Waals surface area contributed by atoms with Crippen molar-refractivity contribution in [3.05, 3.63) is 12.2 Å². The first-order chi connectivity index (χ1) is 45.1. The summed E-state index contributed by atoms with van der Waals surface area (Å²) < 4.78 is 0. The Kier molecular flexibility index (Phi) is 37.9. The van der Waals surface area contributed by atoms with Crippen molar-refractivity contribution >= 4 is 76.7 Å². The van der Waals surface area contributed by atoms with Crippen molar-refractivity contribution in [2.45, 2.75) is 268 Å². The van der Waals surface area contributed by atoms with Crippen molar-refractivity contribution in [3.63, 3.8) is 0 Å². The monoisotopic (exact) mass is 1400 g/mol. The van der Waals surface area contributed by atoms with Crippen LogP contribution in [0.4, 0.5) is 0 Å². The number of carbonyl (C=O) groups is 11. The highest BCUT2D eigenvalue weighted by molar-refractivity contribution is 7.99. The summed E-state index contributed by atoms with van der Waals surface area (Å²) in [5.41, 5.74) is -1.46. The third kappa shape index (κ3) is 28.3. The first kappa shape index (κ1) is 90.2. The quantitative estimate of drug-likeness (QED) is 0.0557. The van der Waals surface area contributed by atoms with E-state index >= 15 is 33.6 Å². The normalized spacial score (nSPS) is 25.7. The highest BCUT2D eigenvalue weighted by Crippen LogP contribution is 2.27. The third-order valence-electron chi connectivity index (χ3n) is 18.3. The molecule has 564 valence electrons. The maximum absolute atomic E-state index is 15.5. The number of carbonyl (C=O) groups excluding carboxylic acids is 11. The molecule has 1 aliphatic heterocycles. The van der Waals surface area contributed by atoms with Crippen LogP contribution in [0.5, 0.6) is 0 Å². The number of amides is 11. The van der Waals surface area contributed by atoms with Crippen molar-refractivity contribution in [1.82, 2.24) is 60.5 Å². The average Bonchev–Trinajstić information content (AvgIpc) is 0.808. The minimum atomic E-state index is -1.56. The highest BCUT2D eigenvalue weighted by Gasteiger charge is 2.45. The molecule has 0 aromatic carbocycles. The van der Waals surface area contributed by atoms with Crippen LogP contribution in [0, 0.1) is 40.9 Å². The van der Waals surface area contributed by atoms with E-state index in [1.165, 1.54) is 123 Å². The number of aliphatic hydroxyl groups is 1. The third-order valence-corrected chi connectivity index (χ3v) is 19.4. The van der Waals surface area contributed by atoms with Crippen LogP contribution in [0.25, 0.3) is 0 Å². The van der Waals surface area contributed by atoms with Crippen molar-refractivity contribution in [3.8, 4) is 0 Å². The molecule has 24 nitrogen and oxygen atoms in total. The number of nitrogens with one attached hydrogen (secondary N) is 4. The molecule has 5 N–H and O–H groups in total. The molecule has 0 bridgehead atoms. The number of rotatable bonds is 23. The molecular formula is C73H134N12O12S. The number of hydrogen-bond donors (Lipinski definition) is 5. The number of likely N-dealkylation sites (N-methyl/N-ethyl adjacent to an activating group) is 7. The summed E-state index contributed by atoms with van der Waals surface area (Å²) in [4.78, 5) is 176. The van der Waals surface area contributed by atoms with Crippen LogP contribution >= 0.6 is 11.8 Å². The van der Waals surface area contributed by atoms with Gasteiger partial charge >= 0.3 is 0 Å². The van der Waals surface area contributed by atoms with Crippen LogP contribution in [0.15, 0.2) is 12.2 Å². The zero-order chi connectivity index (χ0) is 75.9. The van der Waals surface area contributed by atoms with Crippen LogP contribution in [0.1, 0.15) is 196 Å². The van der Waals surface area contributed by atoms with Crippen molar-refractivity contribution in [2.24, 2.45) is 40.9 Å². The molecule has 1 fully saturated rings. The van der Waals surface area contributed by atoms with Crippen LogP contribution in [-0.2, 0) is 52.7 Å². The molecule has 0 saturated carbocycles. The van der Waals surface area contributed by atoms with Crippen LogP contribution in [-0.4, -0.2) is 262 Å². The van der Waals surface area contributed by atoms with Crippen molar-refractivity contribution in [2.75, 3.05) is 81.0 Å². The molecule has 98 heavy (non-hydrogen) atoms. The van der Waals surface area contributed by atoms with E-state index in [2.05, 4.69) is 54.0 Å². The lowest BCUT2D eigenvalue weighted by Crippen LogP contribution is -2.62. The summed E-state index contributed by atoms with van der Waals surface area (Å²) in [5.74, 6) is -8.18. The number of allylic oxidation sites excluding steroid dienone is 2. The Morgan fingerprint density at radius 2 is 0.929 bits per heavy atom. The molecule has 0 aromatic rings. The van der Waals surface area contributed by atoms with E-state index in [-0.39, 0.29) is 73.4 Å². The fourth-order valence-electron chi connectivity index (χ4n) is 12.6. The Balaban J connectivity index is 4.52. The van der Waals surface area contributed by atoms with E-state index in [0.717, 1.165) is 25.9 Å². The van der Waals surface area contributed by atoms with Gasteiger partial charge in [-0.3, -0.25) is 52.7 Å². The minimum Gasteiger partial charge on any atom is -0.390 e. The summed E-state index contributed by atoms with van der Waals surface area (Å²) in [5, 5.41) is 22.7.